The molecule has 0 atom stereocenters. The van der Waals surface area contributed by atoms with Crippen LogP contribution in [0.5, 0.6) is 0 Å². The number of rotatable bonds is 10. The minimum atomic E-state index is 0.788. The van der Waals surface area contributed by atoms with Gasteiger partial charge in [-0.05, 0) is 6.54 Å². The van der Waals surface area contributed by atoms with E-state index in [-0.39, 0.29) is 0 Å². The lowest BCUT2D eigenvalue weighted by Crippen LogP contribution is -2.36. The summed E-state index contributed by atoms with van der Waals surface area (Å²) >= 11 is 0. The fraction of sp³-hybridized carbons (Fsp3) is 1.00. The average molecular weight is 204 g/mol. The molecule has 0 aliphatic carbocycles. The Morgan fingerprint density at radius 3 is 2.00 bits per heavy atom. The van der Waals surface area contributed by atoms with Crippen molar-refractivity contribution in [3.63, 3.8) is 0 Å². The molecule has 0 rings (SSSR count). The van der Waals surface area contributed by atoms with Gasteiger partial charge in [0.1, 0.15) is 0 Å². The van der Waals surface area contributed by atoms with Crippen molar-refractivity contribution in [3.8, 4) is 0 Å². The highest BCUT2D eigenvalue weighted by atomic mass is 16.5. The third-order valence-corrected chi connectivity index (χ3v) is 2.08. The minimum absolute atomic E-state index is 0.788. The SMILES string of the molecule is CCNCCN(CCOC)CCOC. The second kappa shape index (κ2) is 10.9. The monoisotopic (exact) mass is 204 g/mol. The summed E-state index contributed by atoms with van der Waals surface area (Å²) in [6.45, 7) is 8.77. The van der Waals surface area contributed by atoms with Gasteiger partial charge in [0.05, 0.1) is 13.2 Å². The fourth-order valence-electron chi connectivity index (χ4n) is 1.19. The first-order chi connectivity index (χ1) is 6.85. The Morgan fingerprint density at radius 1 is 1.00 bits per heavy atom. The molecule has 4 nitrogen and oxygen atoms in total. The maximum atomic E-state index is 5.06. The van der Waals surface area contributed by atoms with Gasteiger partial charge < -0.3 is 14.8 Å². The van der Waals surface area contributed by atoms with Crippen LogP contribution in [0.1, 0.15) is 6.92 Å². The van der Waals surface area contributed by atoms with Crippen LogP contribution in [0, 0.1) is 0 Å². The molecular formula is C10H24N2O2. The molecule has 0 amide bonds. The molecule has 0 bridgehead atoms. The van der Waals surface area contributed by atoms with Crippen LogP contribution in [0.4, 0.5) is 0 Å². The first-order valence-corrected chi connectivity index (χ1v) is 5.26. The van der Waals surface area contributed by atoms with Gasteiger partial charge in [-0.15, -0.1) is 0 Å². The van der Waals surface area contributed by atoms with E-state index in [1.54, 1.807) is 14.2 Å². The maximum absolute atomic E-state index is 5.06. The van der Waals surface area contributed by atoms with Crippen LogP contribution in [-0.2, 0) is 9.47 Å². The standard InChI is InChI=1S/C10H24N2O2/c1-4-11-5-6-12(7-9-13-2)8-10-14-3/h11H,4-10H2,1-3H3. The summed E-state index contributed by atoms with van der Waals surface area (Å²) < 4.78 is 10.1. The zero-order chi connectivity index (χ0) is 10.6. The Balaban J connectivity index is 3.49. The van der Waals surface area contributed by atoms with Gasteiger partial charge in [-0.3, -0.25) is 4.90 Å². The lowest BCUT2D eigenvalue weighted by molar-refractivity contribution is 0.114. The van der Waals surface area contributed by atoms with E-state index < -0.39 is 0 Å². The van der Waals surface area contributed by atoms with Crippen LogP contribution >= 0.6 is 0 Å². The molecule has 0 saturated heterocycles. The van der Waals surface area contributed by atoms with E-state index in [0.29, 0.717) is 0 Å². The number of nitrogens with zero attached hydrogens (tertiary/aromatic N) is 1. The molecule has 86 valence electrons. The Bertz CT molecular complexity index is 104. The molecule has 0 saturated carbocycles. The first kappa shape index (κ1) is 13.8. The zero-order valence-electron chi connectivity index (χ0n) is 9.71. The van der Waals surface area contributed by atoms with Crippen molar-refractivity contribution in [2.45, 2.75) is 6.92 Å². The lowest BCUT2D eigenvalue weighted by Gasteiger charge is -2.21. The molecular weight excluding hydrogens is 180 g/mol. The molecule has 0 radical (unpaired) electrons. The summed E-state index contributed by atoms with van der Waals surface area (Å²) in [5.41, 5.74) is 0. The second-order valence-electron chi connectivity index (χ2n) is 3.18. The molecule has 0 unspecified atom stereocenters. The largest absolute Gasteiger partial charge is 0.383 e. The van der Waals surface area contributed by atoms with E-state index >= 15 is 0 Å². The van der Waals surface area contributed by atoms with Crippen molar-refractivity contribution in [3.05, 3.63) is 0 Å². The molecule has 0 fully saturated rings. The van der Waals surface area contributed by atoms with Gasteiger partial charge in [0.2, 0.25) is 0 Å². The Kier molecular flexibility index (Phi) is 10.8. The van der Waals surface area contributed by atoms with Gasteiger partial charge in [-0.25, -0.2) is 0 Å². The van der Waals surface area contributed by atoms with Crippen LogP contribution in [-0.4, -0.2) is 65.1 Å². The average Bonchev–Trinajstić information content (AvgIpc) is 2.21. The first-order valence-electron chi connectivity index (χ1n) is 5.26. The van der Waals surface area contributed by atoms with E-state index in [0.717, 1.165) is 45.9 Å². The van der Waals surface area contributed by atoms with Gasteiger partial charge >= 0.3 is 0 Å². The number of hydrogen-bond donors (Lipinski definition) is 1. The van der Waals surface area contributed by atoms with Crippen molar-refractivity contribution >= 4 is 0 Å². The minimum Gasteiger partial charge on any atom is -0.383 e. The molecule has 14 heavy (non-hydrogen) atoms. The van der Waals surface area contributed by atoms with Crippen molar-refractivity contribution in [1.29, 1.82) is 0 Å². The van der Waals surface area contributed by atoms with Gasteiger partial charge in [0.15, 0.2) is 0 Å². The van der Waals surface area contributed by atoms with Gasteiger partial charge in [0.25, 0.3) is 0 Å². The van der Waals surface area contributed by atoms with Gasteiger partial charge in [-0.2, -0.15) is 0 Å². The van der Waals surface area contributed by atoms with Crippen molar-refractivity contribution in [2.75, 3.05) is 60.2 Å². The van der Waals surface area contributed by atoms with Crippen molar-refractivity contribution in [1.82, 2.24) is 10.2 Å². The highest BCUT2D eigenvalue weighted by Gasteiger charge is 2.02. The highest BCUT2D eigenvalue weighted by Crippen LogP contribution is 1.87. The van der Waals surface area contributed by atoms with E-state index in [4.69, 9.17) is 9.47 Å². The predicted molar refractivity (Wildman–Crippen MR) is 58.7 cm³/mol. The third kappa shape index (κ3) is 8.44. The quantitative estimate of drug-likeness (QED) is 0.515. The molecule has 0 spiro atoms. The third-order valence-electron chi connectivity index (χ3n) is 2.08. The lowest BCUT2D eigenvalue weighted by atomic mass is 10.4. The number of nitrogens with one attached hydrogen (secondary N) is 1. The number of ether oxygens (including phenoxy) is 2. The summed E-state index contributed by atoms with van der Waals surface area (Å²) in [5.74, 6) is 0. The highest BCUT2D eigenvalue weighted by molar-refractivity contribution is 4.58. The normalized spacial score (nSPS) is 11.1. The smallest absolute Gasteiger partial charge is 0.0589 e. The Labute approximate surface area is 87.6 Å². The molecule has 0 aromatic carbocycles. The fourth-order valence-corrected chi connectivity index (χ4v) is 1.19. The summed E-state index contributed by atoms with van der Waals surface area (Å²) in [7, 11) is 3.47. The van der Waals surface area contributed by atoms with E-state index in [1.807, 2.05) is 0 Å². The Morgan fingerprint density at radius 2 is 1.57 bits per heavy atom. The van der Waals surface area contributed by atoms with Crippen molar-refractivity contribution in [2.24, 2.45) is 0 Å². The van der Waals surface area contributed by atoms with Crippen LogP contribution in [0.25, 0.3) is 0 Å². The van der Waals surface area contributed by atoms with Crippen molar-refractivity contribution < 1.29 is 9.47 Å². The number of methoxy groups -OCH3 is 2. The van der Waals surface area contributed by atoms with E-state index in [9.17, 15) is 0 Å². The van der Waals surface area contributed by atoms with Crippen LogP contribution < -0.4 is 5.32 Å². The second-order valence-corrected chi connectivity index (χ2v) is 3.18. The summed E-state index contributed by atoms with van der Waals surface area (Å²) in [5, 5.41) is 3.31. The topological polar surface area (TPSA) is 33.7 Å². The molecule has 0 aliphatic heterocycles. The molecule has 0 aliphatic rings. The Hall–Kier alpha value is -0.160. The van der Waals surface area contributed by atoms with Gasteiger partial charge in [0, 0.05) is 40.4 Å². The molecule has 0 heterocycles. The predicted octanol–water partition coefficient (Wildman–Crippen LogP) is 0.191. The number of hydrogen-bond acceptors (Lipinski definition) is 4. The molecule has 1 N–H and O–H groups in total. The van der Waals surface area contributed by atoms with E-state index in [1.165, 1.54) is 0 Å². The maximum Gasteiger partial charge on any atom is 0.0589 e. The summed E-state index contributed by atoms with van der Waals surface area (Å²) in [6, 6.07) is 0. The van der Waals surface area contributed by atoms with Crippen LogP contribution in [0.2, 0.25) is 0 Å². The van der Waals surface area contributed by atoms with E-state index in [2.05, 4.69) is 17.1 Å². The zero-order valence-corrected chi connectivity index (χ0v) is 9.71. The van der Waals surface area contributed by atoms with Crippen LogP contribution in [0.3, 0.4) is 0 Å². The number of likely N-dealkylation sites (N-methyl/N-ethyl adjacent to an activating group) is 1. The van der Waals surface area contributed by atoms with Gasteiger partial charge in [-0.1, -0.05) is 6.92 Å². The molecule has 0 aromatic heterocycles. The molecule has 0 aromatic rings. The summed E-state index contributed by atoms with van der Waals surface area (Å²) in [6.07, 6.45) is 0. The summed E-state index contributed by atoms with van der Waals surface area (Å²) in [4.78, 5) is 2.34. The van der Waals surface area contributed by atoms with Crippen LogP contribution in [0.15, 0.2) is 0 Å². The molecule has 4 heteroatoms.